The number of rotatable bonds is 3. The van der Waals surface area contributed by atoms with Gasteiger partial charge >= 0.3 is 0 Å². The molecule has 8 heteroatoms. The zero-order chi connectivity index (χ0) is 13.1. The number of anilines is 1. The van der Waals surface area contributed by atoms with Crippen molar-refractivity contribution in [3.8, 4) is 0 Å². The molecule has 100 valence electrons. The molecular weight excluding hydrogens is 246 g/mol. The highest BCUT2D eigenvalue weighted by atomic mass is 16.2. The van der Waals surface area contributed by atoms with Gasteiger partial charge in [-0.05, 0) is 25.9 Å². The van der Waals surface area contributed by atoms with Crippen LogP contribution in [-0.2, 0) is 0 Å². The van der Waals surface area contributed by atoms with Crippen molar-refractivity contribution < 1.29 is 4.79 Å². The van der Waals surface area contributed by atoms with Crippen LogP contribution in [-0.4, -0.2) is 44.0 Å². The lowest BCUT2D eigenvalue weighted by Gasteiger charge is -2.21. The summed E-state index contributed by atoms with van der Waals surface area (Å²) in [5.74, 6) is 0.0940. The Morgan fingerprint density at radius 3 is 3.00 bits per heavy atom. The lowest BCUT2D eigenvalue weighted by molar-refractivity contribution is 0.102. The van der Waals surface area contributed by atoms with Crippen LogP contribution < -0.4 is 10.6 Å². The van der Waals surface area contributed by atoms with Gasteiger partial charge in [0.25, 0.3) is 5.91 Å². The van der Waals surface area contributed by atoms with Gasteiger partial charge < -0.3 is 10.3 Å². The molecular formula is C11H15N7O. The first kappa shape index (κ1) is 11.8. The second-order valence-corrected chi connectivity index (χ2v) is 4.46. The number of carbonyl (C=O) groups excluding carboxylic acids is 1. The van der Waals surface area contributed by atoms with Gasteiger partial charge in [-0.3, -0.25) is 10.1 Å². The van der Waals surface area contributed by atoms with Gasteiger partial charge in [0.2, 0.25) is 5.95 Å². The minimum absolute atomic E-state index is 0.301. The maximum Gasteiger partial charge on any atom is 0.280 e. The predicted molar refractivity (Wildman–Crippen MR) is 67.7 cm³/mol. The van der Waals surface area contributed by atoms with E-state index in [1.54, 1.807) is 23.3 Å². The van der Waals surface area contributed by atoms with Crippen molar-refractivity contribution in [3.63, 3.8) is 0 Å². The lowest BCUT2D eigenvalue weighted by atomic mass is 10.1. The van der Waals surface area contributed by atoms with Gasteiger partial charge in [-0.25, -0.2) is 9.67 Å². The second kappa shape index (κ2) is 5.19. The van der Waals surface area contributed by atoms with Crippen molar-refractivity contribution in [2.24, 2.45) is 0 Å². The van der Waals surface area contributed by atoms with E-state index in [2.05, 4.69) is 30.9 Å². The van der Waals surface area contributed by atoms with Gasteiger partial charge in [0.1, 0.15) is 0 Å². The molecule has 0 saturated carbocycles. The van der Waals surface area contributed by atoms with Crippen LogP contribution in [0.4, 0.5) is 5.95 Å². The zero-order valence-corrected chi connectivity index (χ0v) is 10.3. The van der Waals surface area contributed by atoms with E-state index in [4.69, 9.17) is 0 Å². The fourth-order valence-corrected chi connectivity index (χ4v) is 2.14. The van der Waals surface area contributed by atoms with Crippen LogP contribution in [0.25, 0.3) is 0 Å². The van der Waals surface area contributed by atoms with E-state index in [9.17, 15) is 4.79 Å². The molecule has 2 aromatic rings. The molecule has 0 atom stereocenters. The van der Waals surface area contributed by atoms with Gasteiger partial charge in [-0.2, -0.15) is 0 Å². The van der Waals surface area contributed by atoms with Crippen molar-refractivity contribution in [2.45, 2.75) is 18.9 Å². The summed E-state index contributed by atoms with van der Waals surface area (Å²) >= 11 is 0. The van der Waals surface area contributed by atoms with Crippen LogP contribution in [0.1, 0.15) is 29.4 Å². The van der Waals surface area contributed by atoms with Crippen molar-refractivity contribution >= 4 is 11.9 Å². The molecule has 3 rings (SSSR count). The fraction of sp³-hybridized carbons (Fsp3) is 0.455. The van der Waals surface area contributed by atoms with Gasteiger partial charge in [-0.15, -0.1) is 5.10 Å². The molecule has 0 radical (unpaired) electrons. The Bertz CT molecular complexity index is 541. The topological polar surface area (TPSA) is 101 Å². The van der Waals surface area contributed by atoms with Gasteiger partial charge in [0.05, 0.1) is 12.2 Å². The highest BCUT2D eigenvalue weighted by Gasteiger charge is 2.18. The Balaban J connectivity index is 1.68. The Morgan fingerprint density at radius 1 is 1.42 bits per heavy atom. The molecule has 3 heterocycles. The average molecular weight is 261 g/mol. The van der Waals surface area contributed by atoms with Crippen LogP contribution in [0.15, 0.2) is 18.6 Å². The maximum atomic E-state index is 11.9. The van der Waals surface area contributed by atoms with Crippen LogP contribution in [0.5, 0.6) is 0 Å². The SMILES string of the molecule is O=C(Nc1ncc[nH]1)c1cn(C2CCNCC2)nn1. The molecule has 1 aliphatic rings. The van der Waals surface area contributed by atoms with Gasteiger partial charge in [-0.1, -0.05) is 5.21 Å². The molecule has 0 bridgehead atoms. The van der Waals surface area contributed by atoms with E-state index in [0.29, 0.717) is 17.7 Å². The Labute approximate surface area is 109 Å². The molecule has 1 amide bonds. The number of H-pyrrole nitrogens is 1. The predicted octanol–water partition coefficient (Wildman–Crippen LogP) is 0.178. The monoisotopic (exact) mass is 261 g/mol. The van der Waals surface area contributed by atoms with Crippen LogP contribution in [0.3, 0.4) is 0 Å². The molecule has 0 aromatic carbocycles. The first-order valence-electron chi connectivity index (χ1n) is 6.26. The summed E-state index contributed by atoms with van der Waals surface area (Å²) < 4.78 is 1.78. The molecule has 1 saturated heterocycles. The Kier molecular flexibility index (Phi) is 3.23. The number of aromatic amines is 1. The summed E-state index contributed by atoms with van der Waals surface area (Å²) in [5.41, 5.74) is 0.301. The molecule has 0 spiro atoms. The number of amides is 1. The smallest absolute Gasteiger partial charge is 0.280 e. The number of nitrogens with one attached hydrogen (secondary N) is 3. The number of hydrogen-bond acceptors (Lipinski definition) is 5. The van der Waals surface area contributed by atoms with E-state index >= 15 is 0 Å². The second-order valence-electron chi connectivity index (χ2n) is 4.46. The summed E-state index contributed by atoms with van der Waals surface area (Å²) in [4.78, 5) is 18.6. The largest absolute Gasteiger partial charge is 0.331 e. The third-order valence-electron chi connectivity index (χ3n) is 3.16. The number of piperidine rings is 1. The van der Waals surface area contributed by atoms with Gasteiger partial charge in [0.15, 0.2) is 5.69 Å². The van der Waals surface area contributed by atoms with E-state index in [1.807, 2.05) is 0 Å². The number of imidazole rings is 1. The van der Waals surface area contributed by atoms with Crippen LogP contribution >= 0.6 is 0 Å². The first-order chi connectivity index (χ1) is 9.33. The van der Waals surface area contributed by atoms with E-state index < -0.39 is 0 Å². The molecule has 3 N–H and O–H groups in total. The van der Waals surface area contributed by atoms with Crippen molar-refractivity contribution in [3.05, 3.63) is 24.3 Å². The molecule has 1 aliphatic heterocycles. The third kappa shape index (κ3) is 2.63. The van der Waals surface area contributed by atoms with Crippen LogP contribution in [0.2, 0.25) is 0 Å². The summed E-state index contributed by atoms with van der Waals surface area (Å²) in [6, 6.07) is 0.318. The standard InChI is InChI=1S/C11H15N7O/c19-10(15-11-13-5-6-14-11)9-7-18(17-16-9)8-1-3-12-4-2-8/h5-8,12H,1-4H2,(H2,13,14,15,19). The van der Waals surface area contributed by atoms with Crippen LogP contribution in [0, 0.1) is 0 Å². The number of aromatic nitrogens is 5. The summed E-state index contributed by atoms with van der Waals surface area (Å²) in [7, 11) is 0. The third-order valence-corrected chi connectivity index (χ3v) is 3.16. The molecule has 0 unspecified atom stereocenters. The molecule has 1 fully saturated rings. The normalized spacial score (nSPS) is 16.4. The highest BCUT2D eigenvalue weighted by Crippen LogP contribution is 2.17. The summed E-state index contributed by atoms with van der Waals surface area (Å²) in [5, 5.41) is 13.9. The number of hydrogen-bond donors (Lipinski definition) is 3. The Morgan fingerprint density at radius 2 is 2.26 bits per heavy atom. The maximum absolute atomic E-state index is 11.9. The lowest BCUT2D eigenvalue weighted by Crippen LogP contribution is -2.29. The van der Waals surface area contributed by atoms with Crippen molar-refractivity contribution in [2.75, 3.05) is 18.4 Å². The summed E-state index contributed by atoms with van der Waals surface area (Å²) in [6.07, 6.45) is 6.91. The molecule has 19 heavy (non-hydrogen) atoms. The summed E-state index contributed by atoms with van der Waals surface area (Å²) in [6.45, 7) is 1.94. The van der Waals surface area contributed by atoms with E-state index in [0.717, 1.165) is 25.9 Å². The fourth-order valence-electron chi connectivity index (χ4n) is 2.14. The van der Waals surface area contributed by atoms with Crippen molar-refractivity contribution in [1.29, 1.82) is 0 Å². The van der Waals surface area contributed by atoms with E-state index in [1.165, 1.54) is 0 Å². The minimum Gasteiger partial charge on any atom is -0.331 e. The van der Waals surface area contributed by atoms with Gasteiger partial charge in [0, 0.05) is 12.4 Å². The Hall–Kier alpha value is -2.22. The molecule has 2 aromatic heterocycles. The first-order valence-corrected chi connectivity index (χ1v) is 6.26. The average Bonchev–Trinajstić information content (AvgIpc) is 3.10. The molecule has 0 aliphatic carbocycles. The number of nitrogens with zero attached hydrogens (tertiary/aromatic N) is 4. The quantitative estimate of drug-likeness (QED) is 0.731. The zero-order valence-electron chi connectivity index (χ0n) is 10.3. The minimum atomic E-state index is -0.310. The molecule has 8 nitrogen and oxygen atoms in total. The number of carbonyl (C=O) groups is 1. The van der Waals surface area contributed by atoms with Crippen molar-refractivity contribution in [1.82, 2.24) is 30.3 Å². The van der Waals surface area contributed by atoms with E-state index in [-0.39, 0.29) is 5.91 Å². The highest BCUT2D eigenvalue weighted by molar-refractivity contribution is 6.01.